The zero-order valence-electron chi connectivity index (χ0n) is 13.5. The third-order valence-corrected chi connectivity index (χ3v) is 4.60. The van der Waals surface area contributed by atoms with E-state index in [1.807, 2.05) is 20.2 Å². The molecule has 0 saturated carbocycles. The Labute approximate surface area is 155 Å². The van der Waals surface area contributed by atoms with E-state index in [0.717, 1.165) is 18.5 Å². The molecule has 2 rings (SSSR count). The van der Waals surface area contributed by atoms with Crippen molar-refractivity contribution < 1.29 is 4.79 Å². The van der Waals surface area contributed by atoms with Crippen molar-refractivity contribution in [3.63, 3.8) is 0 Å². The van der Waals surface area contributed by atoms with Crippen LogP contribution in [0.1, 0.15) is 12.0 Å². The van der Waals surface area contributed by atoms with Crippen molar-refractivity contribution in [3.05, 3.63) is 39.3 Å². The van der Waals surface area contributed by atoms with Crippen LogP contribution in [-0.2, 0) is 6.54 Å². The molecular formula is C15H19Cl2N5OS. The Morgan fingerprint density at radius 3 is 2.67 bits per heavy atom. The molecule has 0 bridgehead atoms. The van der Waals surface area contributed by atoms with Gasteiger partial charge in [-0.1, -0.05) is 40.6 Å². The van der Waals surface area contributed by atoms with Crippen molar-refractivity contribution in [1.82, 2.24) is 20.0 Å². The fourth-order valence-electron chi connectivity index (χ4n) is 2.09. The summed E-state index contributed by atoms with van der Waals surface area (Å²) in [6, 6.07) is 5.17. The molecule has 9 heteroatoms. The lowest BCUT2D eigenvalue weighted by Crippen LogP contribution is -2.36. The van der Waals surface area contributed by atoms with E-state index in [2.05, 4.69) is 20.4 Å². The number of carbonyl (C=O) groups is 1. The third kappa shape index (κ3) is 5.90. The summed E-state index contributed by atoms with van der Waals surface area (Å²) in [6.07, 6.45) is 0.859. The lowest BCUT2D eigenvalue weighted by molar-refractivity contribution is 0.205. The molecule has 0 saturated heterocycles. The van der Waals surface area contributed by atoms with Crippen molar-refractivity contribution >= 4 is 45.7 Å². The number of nitrogens with zero attached hydrogens (tertiary/aromatic N) is 4. The number of amides is 2. The van der Waals surface area contributed by atoms with Crippen molar-refractivity contribution in [2.24, 2.45) is 0 Å². The molecule has 0 fully saturated rings. The van der Waals surface area contributed by atoms with Gasteiger partial charge in [-0.3, -0.25) is 5.32 Å². The fourth-order valence-corrected chi connectivity index (χ4v) is 2.84. The summed E-state index contributed by atoms with van der Waals surface area (Å²) >= 11 is 13.3. The van der Waals surface area contributed by atoms with Gasteiger partial charge in [-0.15, -0.1) is 10.2 Å². The Bertz CT molecular complexity index is 666. The molecule has 0 aliphatic rings. The average Bonchev–Trinajstić information content (AvgIpc) is 3.02. The standard InChI is InChI=1S/C15H19Cl2N5OS/c1-21(2)6-3-7-22(15(23)19-14-20-18-10-24-14)9-11-4-5-12(16)13(17)8-11/h4-5,8,10H,3,6-7,9H2,1-2H3,(H,19,20,23). The molecule has 0 unspecified atom stereocenters. The molecule has 0 atom stereocenters. The summed E-state index contributed by atoms with van der Waals surface area (Å²) in [5, 5.41) is 11.8. The van der Waals surface area contributed by atoms with E-state index in [1.165, 1.54) is 11.3 Å². The zero-order chi connectivity index (χ0) is 17.5. The van der Waals surface area contributed by atoms with Crippen LogP contribution in [0.5, 0.6) is 0 Å². The summed E-state index contributed by atoms with van der Waals surface area (Å²) in [4.78, 5) is 16.3. The Morgan fingerprint density at radius 2 is 2.04 bits per heavy atom. The van der Waals surface area contributed by atoms with E-state index in [9.17, 15) is 4.79 Å². The van der Waals surface area contributed by atoms with Crippen LogP contribution in [0.3, 0.4) is 0 Å². The number of urea groups is 1. The normalized spacial score (nSPS) is 10.9. The molecule has 0 aliphatic heterocycles. The van der Waals surface area contributed by atoms with Gasteiger partial charge in [-0.2, -0.15) is 0 Å². The first-order valence-corrected chi connectivity index (χ1v) is 9.00. The molecule has 1 heterocycles. The van der Waals surface area contributed by atoms with Crippen LogP contribution < -0.4 is 5.32 Å². The number of carbonyl (C=O) groups excluding carboxylic acids is 1. The molecule has 24 heavy (non-hydrogen) atoms. The molecule has 6 nitrogen and oxygen atoms in total. The van der Waals surface area contributed by atoms with Crippen LogP contribution in [0, 0.1) is 0 Å². The van der Waals surface area contributed by atoms with Crippen LogP contribution in [-0.4, -0.2) is 53.2 Å². The first-order valence-electron chi connectivity index (χ1n) is 7.36. The van der Waals surface area contributed by atoms with Gasteiger partial charge in [-0.05, 0) is 44.8 Å². The van der Waals surface area contributed by atoms with Crippen LogP contribution in [0.2, 0.25) is 10.0 Å². The molecule has 130 valence electrons. The first kappa shape index (κ1) is 18.9. The summed E-state index contributed by atoms with van der Waals surface area (Å²) in [7, 11) is 4.01. The monoisotopic (exact) mass is 387 g/mol. The van der Waals surface area contributed by atoms with Crippen molar-refractivity contribution in [2.75, 3.05) is 32.5 Å². The smallest absolute Gasteiger partial charge is 0.320 e. The quantitative estimate of drug-likeness (QED) is 0.783. The summed E-state index contributed by atoms with van der Waals surface area (Å²) in [5.41, 5.74) is 2.49. The molecule has 2 aromatic rings. The minimum absolute atomic E-state index is 0.212. The zero-order valence-corrected chi connectivity index (χ0v) is 15.8. The minimum Gasteiger partial charge on any atom is -0.320 e. The van der Waals surface area contributed by atoms with Crippen LogP contribution >= 0.6 is 34.5 Å². The van der Waals surface area contributed by atoms with Crippen molar-refractivity contribution in [1.29, 1.82) is 0 Å². The number of nitrogens with one attached hydrogen (secondary N) is 1. The van der Waals surface area contributed by atoms with Gasteiger partial charge in [-0.25, -0.2) is 4.79 Å². The topological polar surface area (TPSA) is 61.4 Å². The summed E-state index contributed by atoms with van der Waals surface area (Å²) in [6.45, 7) is 1.95. The molecule has 0 spiro atoms. The Balaban J connectivity index is 2.05. The van der Waals surface area contributed by atoms with E-state index in [-0.39, 0.29) is 6.03 Å². The number of halogens is 2. The van der Waals surface area contributed by atoms with E-state index in [1.54, 1.807) is 22.5 Å². The molecule has 0 radical (unpaired) electrons. The maximum absolute atomic E-state index is 12.5. The van der Waals surface area contributed by atoms with E-state index in [0.29, 0.717) is 28.3 Å². The number of benzene rings is 1. The number of hydrogen-bond acceptors (Lipinski definition) is 5. The fraction of sp³-hybridized carbons (Fsp3) is 0.400. The van der Waals surface area contributed by atoms with Gasteiger partial charge in [0.05, 0.1) is 10.0 Å². The van der Waals surface area contributed by atoms with Gasteiger partial charge in [0.15, 0.2) is 0 Å². The second-order valence-electron chi connectivity index (χ2n) is 5.50. The van der Waals surface area contributed by atoms with Crippen LogP contribution in [0.15, 0.2) is 23.7 Å². The van der Waals surface area contributed by atoms with Gasteiger partial charge in [0.25, 0.3) is 0 Å². The van der Waals surface area contributed by atoms with E-state index >= 15 is 0 Å². The first-order chi connectivity index (χ1) is 11.5. The Kier molecular flexibility index (Phi) is 7.23. The minimum atomic E-state index is -0.212. The molecule has 1 N–H and O–H groups in total. The average molecular weight is 388 g/mol. The second-order valence-corrected chi connectivity index (χ2v) is 7.15. The summed E-state index contributed by atoms with van der Waals surface area (Å²) in [5.74, 6) is 0. The van der Waals surface area contributed by atoms with E-state index in [4.69, 9.17) is 23.2 Å². The predicted molar refractivity (Wildman–Crippen MR) is 99.0 cm³/mol. The van der Waals surface area contributed by atoms with Crippen molar-refractivity contribution in [3.8, 4) is 0 Å². The highest BCUT2D eigenvalue weighted by molar-refractivity contribution is 7.13. The van der Waals surface area contributed by atoms with Crippen LogP contribution in [0.25, 0.3) is 0 Å². The highest BCUT2D eigenvalue weighted by Crippen LogP contribution is 2.23. The number of aromatic nitrogens is 2. The van der Waals surface area contributed by atoms with Crippen molar-refractivity contribution in [2.45, 2.75) is 13.0 Å². The lowest BCUT2D eigenvalue weighted by Gasteiger charge is -2.23. The molecule has 1 aromatic carbocycles. The highest BCUT2D eigenvalue weighted by atomic mass is 35.5. The molecule has 0 aliphatic carbocycles. The Morgan fingerprint density at radius 1 is 1.25 bits per heavy atom. The second kappa shape index (κ2) is 9.17. The number of rotatable bonds is 7. The molecule has 2 amide bonds. The third-order valence-electron chi connectivity index (χ3n) is 3.25. The maximum Gasteiger partial charge on any atom is 0.323 e. The number of anilines is 1. The van der Waals surface area contributed by atoms with Gasteiger partial charge < -0.3 is 9.80 Å². The number of hydrogen-bond donors (Lipinski definition) is 1. The summed E-state index contributed by atoms with van der Waals surface area (Å²) < 4.78 is 0. The molecular weight excluding hydrogens is 369 g/mol. The van der Waals surface area contributed by atoms with Gasteiger partial charge >= 0.3 is 6.03 Å². The molecule has 1 aromatic heterocycles. The van der Waals surface area contributed by atoms with Crippen LogP contribution in [0.4, 0.5) is 9.93 Å². The van der Waals surface area contributed by atoms with Gasteiger partial charge in [0.1, 0.15) is 5.51 Å². The van der Waals surface area contributed by atoms with Gasteiger partial charge in [0.2, 0.25) is 5.13 Å². The largest absolute Gasteiger partial charge is 0.323 e. The Hall–Kier alpha value is -1.41. The lowest BCUT2D eigenvalue weighted by atomic mass is 10.2. The predicted octanol–water partition coefficient (Wildman–Crippen LogP) is 3.83. The SMILES string of the molecule is CN(C)CCCN(Cc1ccc(Cl)c(Cl)c1)C(=O)Nc1nncs1. The maximum atomic E-state index is 12.5. The highest BCUT2D eigenvalue weighted by Gasteiger charge is 2.16. The van der Waals surface area contributed by atoms with Gasteiger partial charge in [0, 0.05) is 13.1 Å². The van der Waals surface area contributed by atoms with E-state index < -0.39 is 0 Å².